The summed E-state index contributed by atoms with van der Waals surface area (Å²) in [5.41, 5.74) is 0.312. The van der Waals surface area contributed by atoms with Gasteiger partial charge in [-0.15, -0.1) is 0 Å². The first-order valence-corrected chi connectivity index (χ1v) is 7.76. The summed E-state index contributed by atoms with van der Waals surface area (Å²) in [6, 6.07) is 5.41. The van der Waals surface area contributed by atoms with Crippen LogP contribution in [0.3, 0.4) is 0 Å². The first-order valence-electron chi connectivity index (χ1n) is 6.63. The highest BCUT2D eigenvalue weighted by Crippen LogP contribution is 2.33. The van der Waals surface area contributed by atoms with Crippen LogP contribution in [0.2, 0.25) is 15.1 Å². The van der Waals surface area contributed by atoms with Crippen molar-refractivity contribution in [2.75, 3.05) is 5.32 Å². The zero-order valence-electron chi connectivity index (χ0n) is 12.3. The predicted octanol–water partition coefficient (Wildman–Crippen LogP) is 3.46. The number of nitrogens with one attached hydrogen (secondary N) is 1. The van der Waals surface area contributed by atoms with E-state index in [1.54, 1.807) is 0 Å². The first kappa shape index (κ1) is 18.3. The van der Waals surface area contributed by atoms with Gasteiger partial charge < -0.3 is 15.3 Å². The lowest BCUT2D eigenvalue weighted by Gasteiger charge is -2.15. The van der Waals surface area contributed by atoms with Gasteiger partial charge in [-0.25, -0.2) is 4.79 Å². The standard InChI is InChI=1S/C15H11Cl3N2O4/c1-8(24-15(22)9-2-4-20(23)5-3-9)14(21)19-13-11(17)6-10(16)7-12(13)18/h2-8H,1H3,(H,19,21)/t8-/m1/s1. The quantitative estimate of drug-likeness (QED) is 0.493. The average Bonchev–Trinajstić information content (AvgIpc) is 2.51. The zero-order valence-corrected chi connectivity index (χ0v) is 14.5. The highest BCUT2D eigenvalue weighted by Gasteiger charge is 2.21. The van der Waals surface area contributed by atoms with Gasteiger partial charge in [-0.05, 0) is 19.1 Å². The number of aromatic nitrogens is 1. The molecule has 1 aromatic carbocycles. The van der Waals surface area contributed by atoms with Crippen molar-refractivity contribution in [2.45, 2.75) is 13.0 Å². The Labute approximate surface area is 152 Å². The third-order valence-electron chi connectivity index (χ3n) is 2.95. The Morgan fingerprint density at radius 1 is 1.17 bits per heavy atom. The Balaban J connectivity index is 2.05. The van der Waals surface area contributed by atoms with Crippen LogP contribution in [0.15, 0.2) is 36.7 Å². The molecule has 1 N–H and O–H groups in total. The molecule has 0 unspecified atom stereocenters. The van der Waals surface area contributed by atoms with Crippen LogP contribution in [0, 0.1) is 5.21 Å². The fourth-order valence-corrected chi connectivity index (χ4v) is 2.63. The van der Waals surface area contributed by atoms with E-state index in [9.17, 15) is 14.8 Å². The molecular formula is C15H11Cl3N2O4. The van der Waals surface area contributed by atoms with E-state index in [4.69, 9.17) is 39.5 Å². The van der Waals surface area contributed by atoms with Crippen LogP contribution < -0.4 is 10.0 Å². The molecule has 0 fully saturated rings. The van der Waals surface area contributed by atoms with E-state index in [-0.39, 0.29) is 21.3 Å². The third kappa shape index (κ3) is 4.50. The van der Waals surface area contributed by atoms with Gasteiger partial charge in [0, 0.05) is 17.2 Å². The van der Waals surface area contributed by atoms with Gasteiger partial charge in [-0.3, -0.25) is 4.79 Å². The molecule has 9 heteroatoms. The van der Waals surface area contributed by atoms with Crippen molar-refractivity contribution in [1.29, 1.82) is 0 Å². The summed E-state index contributed by atoms with van der Waals surface area (Å²) in [5, 5.41) is 14.0. The van der Waals surface area contributed by atoms with Crippen LogP contribution in [-0.2, 0) is 9.53 Å². The van der Waals surface area contributed by atoms with Crippen LogP contribution in [0.4, 0.5) is 5.69 Å². The molecular weight excluding hydrogens is 379 g/mol. The number of benzene rings is 1. The monoisotopic (exact) mass is 388 g/mol. The van der Waals surface area contributed by atoms with Gasteiger partial charge in [-0.2, -0.15) is 4.73 Å². The van der Waals surface area contributed by atoms with Crippen LogP contribution in [0.5, 0.6) is 0 Å². The van der Waals surface area contributed by atoms with Crippen LogP contribution in [0.25, 0.3) is 0 Å². The molecule has 24 heavy (non-hydrogen) atoms. The number of anilines is 1. The summed E-state index contributed by atoms with van der Waals surface area (Å²) >= 11 is 17.7. The van der Waals surface area contributed by atoms with Crippen molar-refractivity contribution in [1.82, 2.24) is 0 Å². The Morgan fingerprint density at radius 3 is 2.25 bits per heavy atom. The summed E-state index contributed by atoms with van der Waals surface area (Å²) in [6.07, 6.45) is 1.18. The minimum Gasteiger partial charge on any atom is -0.619 e. The first-order chi connectivity index (χ1) is 11.3. The summed E-state index contributed by atoms with van der Waals surface area (Å²) in [5.74, 6) is -1.36. The summed E-state index contributed by atoms with van der Waals surface area (Å²) in [6.45, 7) is 1.39. The van der Waals surface area contributed by atoms with Gasteiger partial charge in [0.1, 0.15) is 0 Å². The van der Waals surface area contributed by atoms with E-state index in [2.05, 4.69) is 5.32 Å². The van der Waals surface area contributed by atoms with Gasteiger partial charge in [-0.1, -0.05) is 34.8 Å². The summed E-state index contributed by atoms with van der Waals surface area (Å²) in [7, 11) is 0. The number of carbonyl (C=O) groups is 2. The second-order valence-electron chi connectivity index (χ2n) is 4.73. The molecule has 1 heterocycles. The molecule has 1 amide bonds. The number of hydrogen-bond acceptors (Lipinski definition) is 4. The molecule has 0 spiro atoms. The molecule has 0 aliphatic carbocycles. The molecule has 2 aromatic rings. The molecule has 0 saturated carbocycles. The largest absolute Gasteiger partial charge is 0.619 e. The van der Waals surface area contributed by atoms with Gasteiger partial charge >= 0.3 is 5.97 Å². The van der Waals surface area contributed by atoms with Gasteiger partial charge in [0.25, 0.3) is 5.91 Å². The highest BCUT2D eigenvalue weighted by molar-refractivity contribution is 6.42. The maximum atomic E-state index is 12.1. The molecule has 6 nitrogen and oxygen atoms in total. The number of amides is 1. The third-order valence-corrected chi connectivity index (χ3v) is 3.76. The Morgan fingerprint density at radius 2 is 1.71 bits per heavy atom. The van der Waals surface area contributed by atoms with E-state index in [0.29, 0.717) is 9.75 Å². The van der Waals surface area contributed by atoms with Crippen LogP contribution >= 0.6 is 34.8 Å². The molecule has 1 aromatic heterocycles. The molecule has 2 rings (SSSR count). The van der Waals surface area contributed by atoms with E-state index in [0.717, 1.165) is 12.4 Å². The fourth-order valence-electron chi connectivity index (χ4n) is 1.72. The number of nitrogens with zero attached hydrogens (tertiary/aromatic N) is 1. The smallest absolute Gasteiger partial charge is 0.339 e. The molecule has 0 aliphatic rings. The van der Waals surface area contributed by atoms with E-state index >= 15 is 0 Å². The molecule has 0 radical (unpaired) electrons. The number of rotatable bonds is 4. The van der Waals surface area contributed by atoms with Crippen molar-refractivity contribution in [3.8, 4) is 0 Å². The number of esters is 1. The minimum absolute atomic E-state index is 0.143. The van der Waals surface area contributed by atoms with Gasteiger partial charge in [0.15, 0.2) is 18.5 Å². The van der Waals surface area contributed by atoms with E-state index in [1.807, 2.05) is 0 Å². The maximum absolute atomic E-state index is 12.1. The minimum atomic E-state index is -1.11. The van der Waals surface area contributed by atoms with Crippen molar-refractivity contribution in [2.24, 2.45) is 0 Å². The summed E-state index contributed by atoms with van der Waals surface area (Å²) < 4.78 is 5.56. The van der Waals surface area contributed by atoms with Crippen molar-refractivity contribution in [3.63, 3.8) is 0 Å². The summed E-state index contributed by atoms with van der Waals surface area (Å²) in [4.78, 5) is 24.0. The fraction of sp³-hybridized carbons (Fsp3) is 0.133. The number of hydrogen-bond donors (Lipinski definition) is 1. The zero-order chi connectivity index (χ0) is 17.9. The number of carbonyl (C=O) groups excluding carboxylic acids is 2. The van der Waals surface area contributed by atoms with Gasteiger partial charge in [0.2, 0.25) is 0 Å². The van der Waals surface area contributed by atoms with Crippen LogP contribution in [0.1, 0.15) is 17.3 Å². The van der Waals surface area contributed by atoms with Crippen molar-refractivity contribution >= 4 is 52.4 Å². The van der Waals surface area contributed by atoms with Gasteiger partial charge in [0.05, 0.1) is 21.3 Å². The molecule has 0 aliphatic heterocycles. The molecule has 0 saturated heterocycles. The Hall–Kier alpha value is -2.02. The van der Waals surface area contributed by atoms with Crippen molar-refractivity contribution in [3.05, 3.63) is 62.5 Å². The lowest BCUT2D eigenvalue weighted by molar-refractivity contribution is -0.605. The average molecular weight is 390 g/mol. The Bertz CT molecular complexity index is 758. The van der Waals surface area contributed by atoms with E-state index < -0.39 is 18.0 Å². The number of ether oxygens (including phenoxy) is 1. The normalized spacial score (nSPS) is 11.7. The highest BCUT2D eigenvalue weighted by atomic mass is 35.5. The lowest BCUT2D eigenvalue weighted by atomic mass is 10.2. The predicted molar refractivity (Wildman–Crippen MR) is 90.4 cm³/mol. The van der Waals surface area contributed by atoms with Crippen molar-refractivity contribution < 1.29 is 19.1 Å². The number of halogens is 3. The number of pyridine rings is 1. The lowest BCUT2D eigenvalue weighted by Crippen LogP contribution is -2.30. The molecule has 126 valence electrons. The topological polar surface area (TPSA) is 82.3 Å². The maximum Gasteiger partial charge on any atom is 0.339 e. The SMILES string of the molecule is C[C@@H](OC(=O)c1cc[n+]([O-])cc1)C(=O)Nc1c(Cl)cc(Cl)cc1Cl. The molecule has 1 atom stereocenters. The van der Waals surface area contributed by atoms with Crippen LogP contribution in [-0.4, -0.2) is 18.0 Å². The molecule has 0 bridgehead atoms. The second kappa shape index (κ2) is 7.70. The Kier molecular flexibility index (Phi) is 5.88. The van der Waals surface area contributed by atoms with E-state index in [1.165, 1.54) is 31.2 Å². The second-order valence-corrected chi connectivity index (χ2v) is 5.98.